The maximum atomic E-state index is 5.82. The van der Waals surface area contributed by atoms with E-state index in [1.807, 2.05) is 14.2 Å². The van der Waals surface area contributed by atoms with Crippen molar-refractivity contribution in [1.82, 2.24) is 5.32 Å². The van der Waals surface area contributed by atoms with Crippen LogP contribution in [0.25, 0.3) is 0 Å². The van der Waals surface area contributed by atoms with Crippen LogP contribution in [-0.4, -0.2) is 19.8 Å². The van der Waals surface area contributed by atoms with Crippen LogP contribution in [0.4, 0.5) is 0 Å². The lowest BCUT2D eigenvalue weighted by Gasteiger charge is -2.46. The van der Waals surface area contributed by atoms with Gasteiger partial charge in [0.15, 0.2) is 0 Å². The summed E-state index contributed by atoms with van der Waals surface area (Å²) in [7, 11) is 3.88. The fraction of sp³-hybridized carbons (Fsp3) is 0.625. The van der Waals surface area contributed by atoms with E-state index >= 15 is 0 Å². The molecule has 1 aliphatic rings. The van der Waals surface area contributed by atoms with Gasteiger partial charge in [0.25, 0.3) is 0 Å². The molecule has 100 valence electrons. The molecule has 0 spiro atoms. The summed E-state index contributed by atoms with van der Waals surface area (Å²) in [5, 5.41) is 3.46. The molecule has 1 fully saturated rings. The van der Waals surface area contributed by atoms with E-state index in [4.69, 9.17) is 4.74 Å². The van der Waals surface area contributed by atoms with Gasteiger partial charge in [0.2, 0.25) is 0 Å². The van der Waals surface area contributed by atoms with Gasteiger partial charge in [0.05, 0.1) is 11.6 Å². The summed E-state index contributed by atoms with van der Waals surface area (Å²) in [5.41, 5.74) is 2.81. The second kappa shape index (κ2) is 5.85. The zero-order chi connectivity index (χ0) is 13.0. The maximum Gasteiger partial charge on any atom is 0.0872 e. The minimum absolute atomic E-state index is 0.0135. The molecule has 18 heavy (non-hydrogen) atoms. The molecule has 2 rings (SSSR count). The molecule has 0 aliphatic heterocycles. The minimum Gasteiger partial charge on any atom is -0.376 e. The van der Waals surface area contributed by atoms with Crippen molar-refractivity contribution in [2.45, 2.75) is 50.7 Å². The highest BCUT2D eigenvalue weighted by Gasteiger charge is 2.44. The van der Waals surface area contributed by atoms with Gasteiger partial charge in [-0.1, -0.05) is 37.6 Å². The van der Waals surface area contributed by atoms with Crippen molar-refractivity contribution < 1.29 is 4.74 Å². The van der Waals surface area contributed by atoms with Crippen molar-refractivity contribution in [2.75, 3.05) is 14.2 Å². The third kappa shape index (κ3) is 2.45. The standard InChI is InChI=1S/C16H25NO/c1-4-7-13-8-5-9-14(12-13)15(17-2)16(18-3)10-6-11-16/h5,8-9,12,15,17H,4,6-7,10-11H2,1-3H3. The predicted octanol–water partition coefficient (Wildman–Crippen LogP) is 3.47. The van der Waals surface area contributed by atoms with E-state index in [1.165, 1.54) is 24.0 Å². The second-order valence-electron chi connectivity index (χ2n) is 5.34. The molecule has 2 nitrogen and oxygen atoms in total. The zero-order valence-corrected chi connectivity index (χ0v) is 11.8. The fourth-order valence-corrected chi connectivity index (χ4v) is 3.09. The highest BCUT2D eigenvalue weighted by molar-refractivity contribution is 5.29. The first-order valence-corrected chi connectivity index (χ1v) is 7.07. The molecule has 0 radical (unpaired) electrons. The van der Waals surface area contributed by atoms with Gasteiger partial charge in [-0.25, -0.2) is 0 Å². The number of nitrogens with one attached hydrogen (secondary N) is 1. The number of ether oxygens (including phenoxy) is 1. The average molecular weight is 247 g/mol. The van der Waals surface area contributed by atoms with E-state index in [-0.39, 0.29) is 5.60 Å². The molecule has 0 saturated heterocycles. The zero-order valence-electron chi connectivity index (χ0n) is 11.8. The average Bonchev–Trinajstić information content (AvgIpc) is 2.34. The van der Waals surface area contributed by atoms with Gasteiger partial charge in [0, 0.05) is 7.11 Å². The molecule has 0 aromatic heterocycles. The summed E-state index contributed by atoms with van der Waals surface area (Å²) in [6.07, 6.45) is 5.95. The van der Waals surface area contributed by atoms with E-state index in [1.54, 1.807) is 0 Å². The first-order valence-electron chi connectivity index (χ1n) is 7.07. The monoisotopic (exact) mass is 247 g/mol. The Morgan fingerprint density at radius 3 is 2.67 bits per heavy atom. The van der Waals surface area contributed by atoms with E-state index in [0.29, 0.717) is 6.04 Å². The van der Waals surface area contributed by atoms with Crippen molar-refractivity contribution in [1.29, 1.82) is 0 Å². The Balaban J connectivity index is 2.24. The van der Waals surface area contributed by atoms with Crippen LogP contribution < -0.4 is 5.32 Å². The van der Waals surface area contributed by atoms with E-state index in [2.05, 4.69) is 36.5 Å². The largest absolute Gasteiger partial charge is 0.376 e. The predicted molar refractivity (Wildman–Crippen MR) is 75.8 cm³/mol. The van der Waals surface area contributed by atoms with Gasteiger partial charge in [-0.3, -0.25) is 0 Å². The van der Waals surface area contributed by atoms with Crippen molar-refractivity contribution in [3.63, 3.8) is 0 Å². The molecular weight excluding hydrogens is 222 g/mol. The summed E-state index contributed by atoms with van der Waals surface area (Å²) in [4.78, 5) is 0. The number of hydrogen-bond acceptors (Lipinski definition) is 2. The summed E-state index contributed by atoms with van der Waals surface area (Å²) in [5.74, 6) is 0. The lowest BCUT2D eigenvalue weighted by atomic mass is 9.72. The Kier molecular flexibility index (Phi) is 4.41. The molecular formula is C16H25NO. The topological polar surface area (TPSA) is 21.3 Å². The first kappa shape index (κ1) is 13.6. The molecule has 0 bridgehead atoms. The Bertz CT molecular complexity index is 379. The Hall–Kier alpha value is -0.860. The Morgan fingerprint density at radius 1 is 1.39 bits per heavy atom. The van der Waals surface area contributed by atoms with Gasteiger partial charge in [-0.05, 0) is 43.9 Å². The smallest absolute Gasteiger partial charge is 0.0872 e. The molecule has 2 heteroatoms. The maximum absolute atomic E-state index is 5.82. The van der Waals surface area contributed by atoms with Crippen LogP contribution in [0.2, 0.25) is 0 Å². The lowest BCUT2D eigenvalue weighted by molar-refractivity contribution is -0.0983. The third-order valence-corrected chi connectivity index (χ3v) is 4.24. The van der Waals surface area contributed by atoms with Crippen LogP contribution in [0, 0.1) is 0 Å². The molecule has 1 aliphatic carbocycles. The number of aryl methyl sites for hydroxylation is 1. The molecule has 1 aromatic carbocycles. The van der Waals surface area contributed by atoms with Crippen LogP contribution in [0.5, 0.6) is 0 Å². The quantitative estimate of drug-likeness (QED) is 0.831. The minimum atomic E-state index is 0.0135. The van der Waals surface area contributed by atoms with Gasteiger partial charge in [-0.15, -0.1) is 0 Å². The Labute approximate surface area is 111 Å². The van der Waals surface area contributed by atoms with E-state index < -0.39 is 0 Å². The summed E-state index contributed by atoms with van der Waals surface area (Å²) < 4.78 is 5.82. The second-order valence-corrected chi connectivity index (χ2v) is 5.34. The van der Waals surface area contributed by atoms with Gasteiger partial charge >= 0.3 is 0 Å². The SMILES string of the molecule is CCCc1cccc(C(NC)C2(OC)CCC2)c1. The van der Waals surface area contributed by atoms with Crippen LogP contribution in [0.1, 0.15) is 49.8 Å². The number of rotatable bonds is 6. The van der Waals surface area contributed by atoms with Crippen molar-refractivity contribution in [3.05, 3.63) is 35.4 Å². The number of likely N-dealkylation sites (N-methyl/N-ethyl adjacent to an activating group) is 1. The molecule has 0 heterocycles. The molecule has 1 aromatic rings. The molecule has 1 unspecified atom stereocenters. The van der Waals surface area contributed by atoms with Gasteiger partial charge in [0.1, 0.15) is 0 Å². The highest BCUT2D eigenvalue weighted by Crippen LogP contribution is 2.44. The van der Waals surface area contributed by atoms with Gasteiger partial charge < -0.3 is 10.1 Å². The molecule has 1 atom stereocenters. The van der Waals surface area contributed by atoms with Crippen LogP contribution in [-0.2, 0) is 11.2 Å². The van der Waals surface area contributed by atoms with Crippen LogP contribution in [0.3, 0.4) is 0 Å². The lowest BCUT2D eigenvalue weighted by Crippen LogP contribution is -2.49. The number of methoxy groups -OCH3 is 1. The van der Waals surface area contributed by atoms with Crippen LogP contribution in [0.15, 0.2) is 24.3 Å². The molecule has 0 amide bonds. The molecule has 1 saturated carbocycles. The van der Waals surface area contributed by atoms with E-state index in [0.717, 1.165) is 19.3 Å². The van der Waals surface area contributed by atoms with Crippen molar-refractivity contribution >= 4 is 0 Å². The Morgan fingerprint density at radius 2 is 2.17 bits per heavy atom. The van der Waals surface area contributed by atoms with E-state index in [9.17, 15) is 0 Å². The number of hydrogen-bond donors (Lipinski definition) is 1. The summed E-state index contributed by atoms with van der Waals surface area (Å²) in [6, 6.07) is 9.27. The van der Waals surface area contributed by atoms with Gasteiger partial charge in [-0.2, -0.15) is 0 Å². The molecule has 1 N–H and O–H groups in total. The highest BCUT2D eigenvalue weighted by atomic mass is 16.5. The third-order valence-electron chi connectivity index (χ3n) is 4.24. The van der Waals surface area contributed by atoms with Crippen molar-refractivity contribution in [2.24, 2.45) is 0 Å². The fourth-order valence-electron chi connectivity index (χ4n) is 3.09. The summed E-state index contributed by atoms with van der Waals surface area (Å²) in [6.45, 7) is 2.23. The van der Waals surface area contributed by atoms with Crippen molar-refractivity contribution in [3.8, 4) is 0 Å². The normalized spacial score (nSPS) is 19.3. The first-order chi connectivity index (χ1) is 8.75. The number of benzene rings is 1. The summed E-state index contributed by atoms with van der Waals surface area (Å²) >= 11 is 0. The van der Waals surface area contributed by atoms with Crippen LogP contribution >= 0.6 is 0 Å².